The fourth-order valence-corrected chi connectivity index (χ4v) is 3.25. The van der Waals surface area contributed by atoms with Gasteiger partial charge in [-0.1, -0.05) is 6.07 Å². The van der Waals surface area contributed by atoms with Crippen LogP contribution in [-0.2, 0) is 4.74 Å². The zero-order valence-electron chi connectivity index (χ0n) is 15.3. The fourth-order valence-electron chi connectivity index (χ4n) is 3.25. The Morgan fingerprint density at radius 1 is 1.11 bits per heavy atom. The van der Waals surface area contributed by atoms with Crippen LogP contribution < -0.4 is 5.32 Å². The molecule has 3 aromatic rings. The van der Waals surface area contributed by atoms with Crippen molar-refractivity contribution >= 4 is 5.95 Å². The highest BCUT2D eigenvalue weighted by molar-refractivity contribution is 5.58. The van der Waals surface area contributed by atoms with Crippen molar-refractivity contribution in [3.63, 3.8) is 0 Å². The summed E-state index contributed by atoms with van der Waals surface area (Å²) in [6, 6.07) is 10.3. The number of aromatic nitrogens is 4. The molecule has 0 saturated carbocycles. The summed E-state index contributed by atoms with van der Waals surface area (Å²) in [7, 11) is 0. The number of anilines is 1. The van der Waals surface area contributed by atoms with Gasteiger partial charge in [-0.3, -0.25) is 9.88 Å². The lowest BCUT2D eigenvalue weighted by atomic mass is 10.1. The number of morpholine rings is 1. The van der Waals surface area contributed by atoms with Crippen molar-refractivity contribution in [3.05, 3.63) is 66.4 Å². The van der Waals surface area contributed by atoms with E-state index >= 15 is 0 Å². The highest BCUT2D eigenvalue weighted by Gasteiger charge is 2.23. The van der Waals surface area contributed by atoms with E-state index in [9.17, 15) is 4.39 Å². The first kappa shape index (κ1) is 18.4. The van der Waals surface area contributed by atoms with Gasteiger partial charge in [0.15, 0.2) is 0 Å². The Morgan fingerprint density at radius 2 is 1.93 bits per heavy atom. The Kier molecular flexibility index (Phi) is 5.79. The van der Waals surface area contributed by atoms with Gasteiger partial charge in [0.1, 0.15) is 5.82 Å². The fraction of sp³-hybridized carbons (Fsp3) is 0.300. The molecule has 1 aliphatic heterocycles. The summed E-state index contributed by atoms with van der Waals surface area (Å²) in [5.74, 6) is 0.151. The highest BCUT2D eigenvalue weighted by atomic mass is 19.1. The minimum atomic E-state index is -0.283. The van der Waals surface area contributed by atoms with Gasteiger partial charge in [0.25, 0.3) is 0 Å². The quantitative estimate of drug-likeness (QED) is 0.704. The van der Waals surface area contributed by atoms with Gasteiger partial charge in [-0.05, 0) is 35.9 Å². The molecule has 0 unspecified atom stereocenters. The maximum atomic E-state index is 13.1. The van der Waals surface area contributed by atoms with Crippen LogP contribution in [0.5, 0.6) is 0 Å². The predicted molar refractivity (Wildman–Crippen MR) is 103 cm³/mol. The number of nitrogens with zero attached hydrogens (tertiary/aromatic N) is 5. The van der Waals surface area contributed by atoms with Crippen LogP contribution in [0.25, 0.3) is 11.3 Å². The molecule has 3 heterocycles. The van der Waals surface area contributed by atoms with Gasteiger partial charge in [0.05, 0.1) is 31.1 Å². The number of rotatable bonds is 6. The van der Waals surface area contributed by atoms with Crippen LogP contribution in [-0.4, -0.2) is 57.9 Å². The van der Waals surface area contributed by atoms with E-state index in [-0.39, 0.29) is 11.9 Å². The topological polar surface area (TPSA) is 76.1 Å². The van der Waals surface area contributed by atoms with E-state index in [2.05, 4.69) is 36.4 Å². The first-order valence-electron chi connectivity index (χ1n) is 9.21. The molecule has 8 heteroatoms. The SMILES string of the molecule is Fc1ccc(-c2cnnc(NC[C@H](c3cccnc3)N3CCOCC3)n2)cc1. The van der Waals surface area contributed by atoms with E-state index in [0.29, 0.717) is 18.2 Å². The van der Waals surface area contributed by atoms with Crippen LogP contribution in [0.2, 0.25) is 0 Å². The minimum Gasteiger partial charge on any atom is -0.379 e. The van der Waals surface area contributed by atoms with E-state index in [0.717, 1.165) is 37.4 Å². The van der Waals surface area contributed by atoms with Crippen LogP contribution >= 0.6 is 0 Å². The molecule has 4 rings (SSSR count). The summed E-state index contributed by atoms with van der Waals surface area (Å²) < 4.78 is 18.6. The molecule has 1 saturated heterocycles. The Labute approximate surface area is 162 Å². The van der Waals surface area contributed by atoms with E-state index in [1.54, 1.807) is 24.5 Å². The Morgan fingerprint density at radius 3 is 2.68 bits per heavy atom. The molecule has 1 aliphatic rings. The van der Waals surface area contributed by atoms with Crippen LogP contribution in [0.1, 0.15) is 11.6 Å². The van der Waals surface area contributed by atoms with Crippen molar-refractivity contribution in [1.29, 1.82) is 0 Å². The van der Waals surface area contributed by atoms with Gasteiger partial charge >= 0.3 is 0 Å². The molecular weight excluding hydrogens is 359 g/mol. The summed E-state index contributed by atoms with van der Waals surface area (Å²) in [6.45, 7) is 3.76. The predicted octanol–water partition coefficient (Wildman–Crippen LogP) is 2.56. The molecule has 1 atom stereocenters. The van der Waals surface area contributed by atoms with Crippen molar-refractivity contribution in [1.82, 2.24) is 25.1 Å². The third-order valence-electron chi connectivity index (χ3n) is 4.71. The van der Waals surface area contributed by atoms with Crippen LogP contribution in [0, 0.1) is 5.82 Å². The lowest BCUT2D eigenvalue weighted by molar-refractivity contribution is 0.0186. The number of hydrogen-bond acceptors (Lipinski definition) is 7. The Balaban J connectivity index is 1.50. The second-order valence-electron chi connectivity index (χ2n) is 6.50. The normalized spacial score (nSPS) is 15.9. The molecule has 28 heavy (non-hydrogen) atoms. The molecule has 2 aromatic heterocycles. The van der Waals surface area contributed by atoms with Crippen molar-refractivity contribution in [2.75, 3.05) is 38.2 Å². The second kappa shape index (κ2) is 8.81. The van der Waals surface area contributed by atoms with Crippen molar-refractivity contribution in [2.24, 2.45) is 0 Å². The van der Waals surface area contributed by atoms with Gasteiger partial charge in [-0.15, -0.1) is 5.10 Å². The highest BCUT2D eigenvalue weighted by Crippen LogP contribution is 2.22. The van der Waals surface area contributed by atoms with E-state index < -0.39 is 0 Å². The standard InChI is InChI=1S/C20H21FN6O/c21-17-5-3-15(4-6-17)18-13-24-26-20(25-18)23-14-19(16-2-1-7-22-12-16)27-8-10-28-11-9-27/h1-7,12-13,19H,8-11,14H2,(H,23,25,26)/t19-/m1/s1. The molecule has 0 amide bonds. The Hall–Kier alpha value is -2.97. The van der Waals surface area contributed by atoms with Gasteiger partial charge in [-0.2, -0.15) is 5.10 Å². The molecule has 0 spiro atoms. The molecule has 144 valence electrons. The van der Waals surface area contributed by atoms with Crippen molar-refractivity contribution in [2.45, 2.75) is 6.04 Å². The third-order valence-corrected chi connectivity index (χ3v) is 4.71. The summed E-state index contributed by atoms with van der Waals surface area (Å²) in [5, 5.41) is 11.4. The number of nitrogens with one attached hydrogen (secondary N) is 1. The van der Waals surface area contributed by atoms with E-state index in [1.807, 2.05) is 12.3 Å². The minimum absolute atomic E-state index is 0.121. The number of hydrogen-bond donors (Lipinski definition) is 1. The lowest BCUT2D eigenvalue weighted by Gasteiger charge is -2.34. The second-order valence-corrected chi connectivity index (χ2v) is 6.50. The van der Waals surface area contributed by atoms with Gasteiger partial charge in [-0.25, -0.2) is 9.37 Å². The summed E-state index contributed by atoms with van der Waals surface area (Å²) in [4.78, 5) is 11.1. The maximum Gasteiger partial charge on any atom is 0.243 e. The van der Waals surface area contributed by atoms with Crippen molar-refractivity contribution in [3.8, 4) is 11.3 Å². The van der Waals surface area contributed by atoms with Crippen LogP contribution in [0.15, 0.2) is 55.0 Å². The molecule has 1 fully saturated rings. The van der Waals surface area contributed by atoms with Crippen LogP contribution in [0.3, 0.4) is 0 Å². The summed E-state index contributed by atoms with van der Waals surface area (Å²) in [5.41, 5.74) is 2.55. The average Bonchev–Trinajstić information content (AvgIpc) is 2.76. The lowest BCUT2D eigenvalue weighted by Crippen LogP contribution is -2.41. The molecule has 1 aromatic carbocycles. The van der Waals surface area contributed by atoms with E-state index in [1.165, 1.54) is 12.1 Å². The summed E-state index contributed by atoms with van der Waals surface area (Å²) in [6.07, 6.45) is 5.22. The molecule has 0 radical (unpaired) electrons. The van der Waals surface area contributed by atoms with Crippen molar-refractivity contribution < 1.29 is 9.13 Å². The smallest absolute Gasteiger partial charge is 0.243 e. The molecular formula is C20H21FN6O. The maximum absolute atomic E-state index is 13.1. The first-order chi connectivity index (χ1) is 13.8. The zero-order valence-corrected chi connectivity index (χ0v) is 15.3. The number of benzene rings is 1. The van der Waals surface area contributed by atoms with Crippen LogP contribution in [0.4, 0.5) is 10.3 Å². The zero-order chi connectivity index (χ0) is 19.2. The first-order valence-corrected chi connectivity index (χ1v) is 9.21. The van der Waals surface area contributed by atoms with Gasteiger partial charge in [0.2, 0.25) is 5.95 Å². The van der Waals surface area contributed by atoms with Gasteiger partial charge < -0.3 is 10.1 Å². The summed E-state index contributed by atoms with van der Waals surface area (Å²) >= 11 is 0. The molecule has 7 nitrogen and oxygen atoms in total. The third kappa shape index (κ3) is 4.47. The number of halogens is 1. The number of ether oxygens (including phenoxy) is 1. The van der Waals surface area contributed by atoms with Gasteiger partial charge in [0, 0.05) is 37.6 Å². The van der Waals surface area contributed by atoms with E-state index in [4.69, 9.17) is 4.74 Å². The average molecular weight is 380 g/mol. The molecule has 1 N–H and O–H groups in total. The molecule has 0 bridgehead atoms. The number of pyridine rings is 1. The monoisotopic (exact) mass is 380 g/mol. The largest absolute Gasteiger partial charge is 0.379 e. The molecule has 0 aliphatic carbocycles. The Bertz CT molecular complexity index is 887.